The second kappa shape index (κ2) is 7.02. The number of hydrogen-bond donors (Lipinski definition) is 3. The van der Waals surface area contributed by atoms with E-state index in [2.05, 4.69) is 0 Å². The number of nitrogens with one attached hydrogen (secondary N) is 1. The number of hydrogen-bond acceptors (Lipinski definition) is 4. The number of hydroxylamine groups is 1. The van der Waals surface area contributed by atoms with Crippen LogP contribution in [0.2, 0.25) is 0 Å². The minimum absolute atomic E-state index is 0.209. The SMILES string of the molecule is CC(C)[C@H](C(=O)NO)N(C)C(=O)C(O)c1ccccc1. The van der Waals surface area contributed by atoms with Gasteiger partial charge in [0.15, 0.2) is 6.10 Å². The van der Waals surface area contributed by atoms with E-state index < -0.39 is 24.0 Å². The molecule has 6 heteroatoms. The van der Waals surface area contributed by atoms with Crippen LogP contribution < -0.4 is 5.48 Å². The molecular formula is C14H20N2O4. The van der Waals surface area contributed by atoms with Gasteiger partial charge in [-0.3, -0.25) is 14.8 Å². The third kappa shape index (κ3) is 3.55. The highest BCUT2D eigenvalue weighted by Gasteiger charge is 2.32. The van der Waals surface area contributed by atoms with Crippen LogP contribution in [0.4, 0.5) is 0 Å². The van der Waals surface area contributed by atoms with E-state index in [4.69, 9.17) is 5.21 Å². The Balaban J connectivity index is 2.92. The van der Waals surface area contributed by atoms with Crippen LogP contribution in [0.25, 0.3) is 0 Å². The number of carbonyl (C=O) groups is 2. The van der Waals surface area contributed by atoms with Crippen molar-refractivity contribution in [3.05, 3.63) is 35.9 Å². The van der Waals surface area contributed by atoms with Crippen LogP contribution in [-0.4, -0.2) is 40.1 Å². The molecule has 110 valence electrons. The predicted octanol–water partition coefficient (Wildman–Crippen LogP) is 0.708. The van der Waals surface area contributed by atoms with E-state index in [9.17, 15) is 14.7 Å². The molecule has 0 saturated carbocycles. The molecule has 1 aromatic carbocycles. The van der Waals surface area contributed by atoms with Crippen LogP contribution >= 0.6 is 0 Å². The molecule has 2 amide bonds. The molecule has 0 aliphatic rings. The van der Waals surface area contributed by atoms with Crippen LogP contribution in [0.5, 0.6) is 0 Å². The van der Waals surface area contributed by atoms with E-state index >= 15 is 0 Å². The van der Waals surface area contributed by atoms with E-state index in [0.29, 0.717) is 5.56 Å². The molecule has 20 heavy (non-hydrogen) atoms. The largest absolute Gasteiger partial charge is 0.378 e. The van der Waals surface area contributed by atoms with Gasteiger partial charge in [-0.05, 0) is 11.5 Å². The first-order valence-corrected chi connectivity index (χ1v) is 6.33. The van der Waals surface area contributed by atoms with Gasteiger partial charge in [0.25, 0.3) is 11.8 Å². The number of nitrogens with zero attached hydrogens (tertiary/aromatic N) is 1. The Kier molecular flexibility index (Phi) is 5.66. The Labute approximate surface area is 118 Å². The van der Waals surface area contributed by atoms with Gasteiger partial charge in [-0.1, -0.05) is 44.2 Å². The van der Waals surface area contributed by atoms with Crippen LogP contribution in [0, 0.1) is 5.92 Å². The van der Waals surface area contributed by atoms with Gasteiger partial charge in [0.1, 0.15) is 6.04 Å². The monoisotopic (exact) mass is 280 g/mol. The number of aliphatic hydroxyl groups is 1. The molecule has 0 fully saturated rings. The Hall–Kier alpha value is -1.92. The van der Waals surface area contributed by atoms with E-state index in [1.54, 1.807) is 49.7 Å². The van der Waals surface area contributed by atoms with E-state index in [0.717, 1.165) is 4.90 Å². The van der Waals surface area contributed by atoms with Gasteiger partial charge in [-0.25, -0.2) is 5.48 Å². The number of benzene rings is 1. The lowest BCUT2D eigenvalue weighted by atomic mass is 10.0. The molecule has 1 rings (SSSR count). The number of aliphatic hydroxyl groups excluding tert-OH is 1. The molecule has 1 unspecified atom stereocenters. The van der Waals surface area contributed by atoms with Crippen molar-refractivity contribution in [3.8, 4) is 0 Å². The smallest absolute Gasteiger partial charge is 0.266 e. The van der Waals surface area contributed by atoms with Crippen LogP contribution in [-0.2, 0) is 9.59 Å². The van der Waals surface area contributed by atoms with E-state index in [1.165, 1.54) is 7.05 Å². The molecule has 6 nitrogen and oxygen atoms in total. The van der Waals surface area contributed by atoms with Gasteiger partial charge in [0.05, 0.1) is 0 Å². The Morgan fingerprint density at radius 3 is 2.20 bits per heavy atom. The molecule has 0 spiro atoms. The lowest BCUT2D eigenvalue weighted by molar-refractivity contribution is -0.150. The second-order valence-electron chi connectivity index (χ2n) is 4.93. The summed E-state index contributed by atoms with van der Waals surface area (Å²) in [5, 5.41) is 18.8. The van der Waals surface area contributed by atoms with Crippen molar-refractivity contribution >= 4 is 11.8 Å². The fourth-order valence-corrected chi connectivity index (χ4v) is 2.10. The molecule has 1 aromatic rings. The number of carbonyl (C=O) groups excluding carboxylic acids is 2. The van der Waals surface area contributed by atoms with E-state index in [1.807, 2.05) is 0 Å². The van der Waals surface area contributed by atoms with Gasteiger partial charge >= 0.3 is 0 Å². The molecule has 0 aromatic heterocycles. The lowest BCUT2D eigenvalue weighted by Crippen LogP contribution is -2.51. The van der Waals surface area contributed by atoms with Gasteiger partial charge in [0.2, 0.25) is 0 Å². The summed E-state index contributed by atoms with van der Waals surface area (Å²) in [6.45, 7) is 3.50. The highest BCUT2D eigenvalue weighted by molar-refractivity contribution is 5.89. The summed E-state index contributed by atoms with van der Waals surface area (Å²) in [5.74, 6) is -1.49. The predicted molar refractivity (Wildman–Crippen MR) is 72.7 cm³/mol. The maximum atomic E-state index is 12.2. The lowest BCUT2D eigenvalue weighted by Gasteiger charge is -2.30. The number of amides is 2. The minimum atomic E-state index is -1.34. The average Bonchev–Trinajstić information content (AvgIpc) is 2.46. The molecule has 0 aliphatic carbocycles. The molecule has 0 heterocycles. The van der Waals surface area contributed by atoms with Crippen molar-refractivity contribution in [3.63, 3.8) is 0 Å². The summed E-state index contributed by atoms with van der Waals surface area (Å²) in [7, 11) is 1.42. The zero-order valence-corrected chi connectivity index (χ0v) is 11.8. The molecule has 0 aliphatic heterocycles. The molecule has 0 bridgehead atoms. The first kappa shape index (κ1) is 16.1. The topological polar surface area (TPSA) is 89.9 Å². The van der Waals surface area contributed by atoms with E-state index in [-0.39, 0.29) is 5.92 Å². The van der Waals surface area contributed by atoms with Gasteiger partial charge in [-0.2, -0.15) is 0 Å². The third-order valence-corrected chi connectivity index (χ3v) is 3.12. The normalized spacial score (nSPS) is 13.7. The Bertz CT molecular complexity index is 462. The Morgan fingerprint density at radius 2 is 1.75 bits per heavy atom. The summed E-state index contributed by atoms with van der Waals surface area (Å²) in [5.41, 5.74) is 2.00. The quantitative estimate of drug-likeness (QED) is 0.547. The minimum Gasteiger partial charge on any atom is -0.378 e. The standard InChI is InChI=1S/C14H20N2O4/c1-9(2)11(13(18)15-20)16(3)14(19)12(17)10-7-5-4-6-8-10/h4-9,11-12,17,20H,1-3H3,(H,15,18)/t11-,12?/m1/s1. The molecule has 0 saturated heterocycles. The summed E-state index contributed by atoms with van der Waals surface area (Å²) in [6, 6.07) is 7.62. The molecule has 2 atom stereocenters. The summed E-state index contributed by atoms with van der Waals surface area (Å²) < 4.78 is 0. The number of rotatable bonds is 5. The van der Waals surface area contributed by atoms with Gasteiger partial charge in [0, 0.05) is 7.05 Å². The first-order valence-electron chi connectivity index (χ1n) is 6.33. The van der Waals surface area contributed by atoms with Crippen LogP contribution in [0.3, 0.4) is 0 Å². The third-order valence-electron chi connectivity index (χ3n) is 3.12. The zero-order chi connectivity index (χ0) is 15.3. The molecular weight excluding hydrogens is 260 g/mol. The summed E-state index contributed by atoms with van der Waals surface area (Å²) >= 11 is 0. The molecule has 0 radical (unpaired) electrons. The maximum absolute atomic E-state index is 12.2. The van der Waals surface area contributed by atoms with Crippen molar-refractivity contribution in [1.29, 1.82) is 0 Å². The van der Waals surface area contributed by atoms with Crippen molar-refractivity contribution in [2.75, 3.05) is 7.05 Å². The fourth-order valence-electron chi connectivity index (χ4n) is 2.10. The molecule has 3 N–H and O–H groups in total. The van der Waals surface area contributed by atoms with Gasteiger partial charge in [-0.15, -0.1) is 0 Å². The highest BCUT2D eigenvalue weighted by atomic mass is 16.5. The Morgan fingerprint density at radius 1 is 1.20 bits per heavy atom. The number of likely N-dealkylation sites (N-methyl/N-ethyl adjacent to an activating group) is 1. The maximum Gasteiger partial charge on any atom is 0.266 e. The van der Waals surface area contributed by atoms with Gasteiger partial charge < -0.3 is 10.0 Å². The van der Waals surface area contributed by atoms with Crippen LogP contribution in [0.15, 0.2) is 30.3 Å². The highest BCUT2D eigenvalue weighted by Crippen LogP contribution is 2.18. The van der Waals surface area contributed by atoms with Crippen LogP contribution in [0.1, 0.15) is 25.5 Å². The summed E-state index contributed by atoms with van der Waals surface area (Å²) in [6.07, 6.45) is -1.34. The summed E-state index contributed by atoms with van der Waals surface area (Å²) in [4.78, 5) is 25.0. The van der Waals surface area contributed by atoms with Crippen molar-refractivity contribution in [2.45, 2.75) is 26.0 Å². The fraction of sp³-hybridized carbons (Fsp3) is 0.429. The van der Waals surface area contributed by atoms with Crippen molar-refractivity contribution < 1.29 is 19.9 Å². The first-order chi connectivity index (χ1) is 9.40. The van der Waals surface area contributed by atoms with Crippen molar-refractivity contribution in [2.24, 2.45) is 5.92 Å². The zero-order valence-electron chi connectivity index (χ0n) is 11.8. The average molecular weight is 280 g/mol. The second-order valence-corrected chi connectivity index (χ2v) is 4.93. The van der Waals surface area contributed by atoms with Crippen molar-refractivity contribution in [1.82, 2.24) is 10.4 Å².